The average molecular weight is 635 g/mol. The fourth-order valence-corrected chi connectivity index (χ4v) is 7.66. The molecular formula is C27H30N4O6S4. The third-order valence-electron chi connectivity index (χ3n) is 6.19. The summed E-state index contributed by atoms with van der Waals surface area (Å²) in [5.74, 6) is -1.13. The van der Waals surface area contributed by atoms with Crippen LogP contribution in [0.25, 0.3) is 23.0 Å². The third kappa shape index (κ3) is 7.31. The average Bonchev–Trinajstić information content (AvgIpc) is 3.47. The van der Waals surface area contributed by atoms with Crippen molar-refractivity contribution >= 4 is 60.4 Å². The van der Waals surface area contributed by atoms with Crippen molar-refractivity contribution in [3.63, 3.8) is 0 Å². The van der Waals surface area contributed by atoms with Crippen molar-refractivity contribution < 1.29 is 26.2 Å². The number of carbonyl (C=O) groups is 1. The lowest BCUT2D eigenvalue weighted by atomic mass is 10.1. The summed E-state index contributed by atoms with van der Waals surface area (Å²) in [5.41, 5.74) is 2.29. The van der Waals surface area contributed by atoms with Gasteiger partial charge in [-0.2, -0.15) is 17.8 Å². The number of amides is 1. The first-order valence-electron chi connectivity index (χ1n) is 12.9. The highest BCUT2D eigenvalue weighted by atomic mass is 32.2. The van der Waals surface area contributed by atoms with Gasteiger partial charge in [0.1, 0.15) is 10.0 Å². The molecule has 1 saturated heterocycles. The number of hydrogen-bond donors (Lipinski definition) is 1. The van der Waals surface area contributed by atoms with Crippen molar-refractivity contribution in [1.82, 2.24) is 19.0 Å². The lowest BCUT2D eigenvalue weighted by Crippen LogP contribution is -2.32. The molecule has 1 amide bonds. The van der Waals surface area contributed by atoms with Crippen LogP contribution in [0, 0.1) is 0 Å². The molecule has 0 saturated carbocycles. The largest absolute Gasteiger partial charge is 0.292 e. The molecule has 1 aliphatic rings. The van der Waals surface area contributed by atoms with E-state index in [0.29, 0.717) is 42.8 Å². The van der Waals surface area contributed by atoms with Gasteiger partial charge in [-0.3, -0.25) is 14.2 Å². The van der Waals surface area contributed by atoms with Crippen LogP contribution in [0.15, 0.2) is 70.6 Å². The smallest absolute Gasteiger partial charge is 0.266 e. The lowest BCUT2D eigenvalue weighted by molar-refractivity contribution is -0.121. The number of hydrogen-bond acceptors (Lipinski definition) is 8. The Bertz CT molecular complexity index is 1680. The van der Waals surface area contributed by atoms with Crippen molar-refractivity contribution in [3.05, 3.63) is 71.3 Å². The summed E-state index contributed by atoms with van der Waals surface area (Å²) in [6, 6.07) is 15.9. The van der Waals surface area contributed by atoms with Crippen molar-refractivity contribution in [2.45, 2.75) is 31.6 Å². The van der Waals surface area contributed by atoms with Gasteiger partial charge in [-0.15, -0.1) is 0 Å². The van der Waals surface area contributed by atoms with Crippen LogP contribution in [0.1, 0.15) is 32.3 Å². The van der Waals surface area contributed by atoms with E-state index >= 15 is 0 Å². The van der Waals surface area contributed by atoms with Gasteiger partial charge in [0.05, 0.1) is 21.2 Å². The van der Waals surface area contributed by atoms with E-state index < -0.39 is 31.8 Å². The number of carbonyl (C=O) groups excluding carboxylic acids is 1. The molecule has 218 valence electrons. The van der Waals surface area contributed by atoms with Gasteiger partial charge in [0, 0.05) is 37.0 Å². The van der Waals surface area contributed by atoms with Crippen molar-refractivity contribution in [1.29, 1.82) is 0 Å². The normalized spacial score (nSPS) is 15.4. The predicted molar refractivity (Wildman–Crippen MR) is 165 cm³/mol. The Balaban J connectivity index is 1.78. The van der Waals surface area contributed by atoms with Gasteiger partial charge in [-0.05, 0) is 43.2 Å². The number of para-hydroxylation sites is 1. The summed E-state index contributed by atoms with van der Waals surface area (Å²) in [6.07, 6.45) is 4.72. The Labute approximate surface area is 249 Å². The number of thioether (sulfide) groups is 1. The maximum absolute atomic E-state index is 13.5. The second-order valence-corrected chi connectivity index (χ2v) is 14.5. The first-order valence-corrected chi connectivity index (χ1v) is 17.2. The molecule has 0 unspecified atom stereocenters. The summed E-state index contributed by atoms with van der Waals surface area (Å²) in [4.78, 5) is 14.6. The van der Waals surface area contributed by atoms with Crippen molar-refractivity contribution in [3.8, 4) is 16.9 Å². The summed E-state index contributed by atoms with van der Waals surface area (Å²) >= 11 is 6.30. The molecule has 2 heterocycles. The highest BCUT2D eigenvalue weighted by Crippen LogP contribution is 2.35. The minimum absolute atomic E-state index is 0.147. The van der Waals surface area contributed by atoms with E-state index in [1.165, 1.54) is 4.31 Å². The molecule has 0 radical (unpaired) electrons. The van der Waals surface area contributed by atoms with Crippen LogP contribution in [0.4, 0.5) is 0 Å². The summed E-state index contributed by atoms with van der Waals surface area (Å²) in [7, 11) is -8.03. The maximum atomic E-state index is 13.5. The van der Waals surface area contributed by atoms with Gasteiger partial charge in [0.2, 0.25) is 10.0 Å². The van der Waals surface area contributed by atoms with Crippen LogP contribution >= 0.6 is 24.0 Å². The first-order chi connectivity index (χ1) is 19.4. The highest BCUT2D eigenvalue weighted by Gasteiger charge is 2.33. The quantitative estimate of drug-likeness (QED) is 0.175. The van der Waals surface area contributed by atoms with Gasteiger partial charge in [-0.1, -0.05) is 68.2 Å². The number of thiocarbonyl (C=S) groups is 1. The zero-order chi connectivity index (χ0) is 29.8. The monoisotopic (exact) mass is 634 g/mol. The van der Waals surface area contributed by atoms with Gasteiger partial charge in [-0.25, -0.2) is 13.1 Å². The number of nitrogens with zero attached hydrogens (tertiary/aromatic N) is 4. The molecule has 1 N–H and O–H groups in total. The predicted octanol–water partition coefficient (Wildman–Crippen LogP) is 4.44. The Morgan fingerprint density at radius 2 is 1.71 bits per heavy atom. The molecule has 1 fully saturated rings. The molecule has 3 aromatic rings. The van der Waals surface area contributed by atoms with Crippen LogP contribution in [-0.2, 0) is 24.9 Å². The summed E-state index contributed by atoms with van der Waals surface area (Å²) in [5, 5.41) is 4.75. The number of rotatable bonds is 12. The Morgan fingerprint density at radius 1 is 1.02 bits per heavy atom. The fourth-order valence-electron chi connectivity index (χ4n) is 4.27. The molecule has 0 bridgehead atoms. The molecule has 1 aliphatic heterocycles. The van der Waals surface area contributed by atoms with Crippen LogP contribution in [0.5, 0.6) is 0 Å². The lowest BCUT2D eigenvalue weighted by Gasteiger charge is -2.21. The zero-order valence-electron chi connectivity index (χ0n) is 22.5. The highest BCUT2D eigenvalue weighted by molar-refractivity contribution is 8.26. The standard InChI is InChI=1S/C27H30N4O6S4/c1-3-13-29(14-4-2)41(36,37)23-12-8-9-20(17-23)25-21(19-31(28-25)22-10-6-5-7-11-22)18-24-26(32)30(27(38)39-24)15-16-40(33,34)35/h5-12,17-19H,3-4,13-16H2,1-2H3,(H,33,34,35)/b24-18-. The zero-order valence-corrected chi connectivity index (χ0v) is 25.8. The van der Waals surface area contributed by atoms with E-state index in [-0.39, 0.29) is 20.7 Å². The fraction of sp³-hybridized carbons (Fsp3) is 0.296. The van der Waals surface area contributed by atoms with Crippen molar-refractivity contribution in [2.24, 2.45) is 0 Å². The number of aromatic nitrogens is 2. The Kier molecular flexibility index (Phi) is 9.82. The second-order valence-electron chi connectivity index (χ2n) is 9.26. The maximum Gasteiger partial charge on any atom is 0.266 e. The first kappa shape index (κ1) is 31.1. The molecule has 0 aliphatic carbocycles. The minimum atomic E-state index is -4.28. The van der Waals surface area contributed by atoms with Gasteiger partial charge in [0.25, 0.3) is 16.0 Å². The molecule has 10 nitrogen and oxygen atoms in total. The second kappa shape index (κ2) is 13.0. The summed E-state index contributed by atoms with van der Waals surface area (Å²) in [6.45, 7) is 4.41. The molecule has 1 aromatic heterocycles. The van der Waals surface area contributed by atoms with E-state index in [9.17, 15) is 21.6 Å². The van der Waals surface area contributed by atoms with E-state index in [4.69, 9.17) is 21.9 Å². The minimum Gasteiger partial charge on any atom is -0.292 e. The van der Waals surface area contributed by atoms with E-state index in [0.717, 1.165) is 22.3 Å². The molecular weight excluding hydrogens is 605 g/mol. The van der Waals surface area contributed by atoms with Crippen molar-refractivity contribution in [2.75, 3.05) is 25.4 Å². The van der Waals surface area contributed by atoms with Crippen LogP contribution < -0.4 is 0 Å². The molecule has 0 spiro atoms. The topological polar surface area (TPSA) is 130 Å². The van der Waals surface area contributed by atoms with Crippen LogP contribution in [0.3, 0.4) is 0 Å². The molecule has 41 heavy (non-hydrogen) atoms. The molecule has 2 aromatic carbocycles. The van der Waals surface area contributed by atoms with E-state index in [1.807, 2.05) is 44.2 Å². The van der Waals surface area contributed by atoms with Crippen LogP contribution in [0.2, 0.25) is 0 Å². The van der Waals surface area contributed by atoms with Gasteiger partial charge >= 0.3 is 0 Å². The Morgan fingerprint density at radius 3 is 2.34 bits per heavy atom. The van der Waals surface area contributed by atoms with Gasteiger partial charge in [0.15, 0.2) is 0 Å². The van der Waals surface area contributed by atoms with E-state index in [1.54, 1.807) is 41.2 Å². The van der Waals surface area contributed by atoms with E-state index in [2.05, 4.69) is 0 Å². The molecule has 14 heteroatoms. The molecule has 4 rings (SSSR count). The van der Waals surface area contributed by atoms with Crippen LogP contribution in [-0.4, -0.2) is 76.0 Å². The molecule has 0 atom stereocenters. The Hall–Kier alpha value is -2.88. The third-order valence-corrected chi connectivity index (χ3v) is 10.2. The number of benzene rings is 2. The SMILES string of the molecule is CCCN(CCC)S(=O)(=O)c1cccc(-c2nn(-c3ccccc3)cc2/C=C2\SC(=S)N(CCS(=O)(=O)O)C2=O)c1. The van der Waals surface area contributed by atoms with Gasteiger partial charge < -0.3 is 0 Å². The summed E-state index contributed by atoms with van der Waals surface area (Å²) < 4.78 is 61.8. The number of sulfonamides is 1.